The molecular formula is C18H28N2O. The van der Waals surface area contributed by atoms with E-state index in [1.54, 1.807) is 0 Å². The Kier molecular flexibility index (Phi) is 4.63. The Bertz CT molecular complexity index is 466. The van der Waals surface area contributed by atoms with Crippen LogP contribution in [0.5, 0.6) is 0 Å². The molecule has 0 bridgehead atoms. The van der Waals surface area contributed by atoms with E-state index in [1.165, 1.54) is 24.0 Å². The van der Waals surface area contributed by atoms with Crippen molar-refractivity contribution in [3.63, 3.8) is 0 Å². The van der Waals surface area contributed by atoms with Gasteiger partial charge in [-0.15, -0.1) is 0 Å². The highest BCUT2D eigenvalue weighted by molar-refractivity contribution is 5.34. The van der Waals surface area contributed by atoms with E-state index in [4.69, 9.17) is 4.74 Å². The molecule has 0 amide bonds. The fourth-order valence-corrected chi connectivity index (χ4v) is 4.09. The second-order valence-electron chi connectivity index (χ2n) is 6.55. The average molecular weight is 288 g/mol. The third kappa shape index (κ3) is 3.15. The third-order valence-corrected chi connectivity index (χ3v) is 4.83. The van der Waals surface area contributed by atoms with Crippen LogP contribution in [0.1, 0.15) is 44.4 Å². The van der Waals surface area contributed by atoms with Gasteiger partial charge < -0.3 is 10.1 Å². The first-order valence-electron chi connectivity index (χ1n) is 8.39. The maximum atomic E-state index is 5.91. The Morgan fingerprint density at radius 2 is 1.90 bits per heavy atom. The second-order valence-corrected chi connectivity index (χ2v) is 6.55. The lowest BCUT2D eigenvalue weighted by Crippen LogP contribution is -2.55. The first kappa shape index (κ1) is 15.0. The SMILES string of the molecule is CCNC1c2ccccc2CCC1N1C[C@@H](C)O[C@@H](C)C1. The number of likely N-dealkylation sites (N-methyl/N-ethyl adjacent to an activating group) is 1. The zero-order chi connectivity index (χ0) is 14.8. The van der Waals surface area contributed by atoms with Crippen LogP contribution in [0.2, 0.25) is 0 Å². The zero-order valence-electron chi connectivity index (χ0n) is 13.5. The maximum absolute atomic E-state index is 5.91. The fraction of sp³-hybridized carbons (Fsp3) is 0.667. The predicted molar refractivity (Wildman–Crippen MR) is 86.6 cm³/mol. The number of aryl methyl sites for hydroxylation is 1. The van der Waals surface area contributed by atoms with Gasteiger partial charge in [0.05, 0.1) is 12.2 Å². The van der Waals surface area contributed by atoms with Gasteiger partial charge in [-0.3, -0.25) is 4.90 Å². The van der Waals surface area contributed by atoms with Gasteiger partial charge in [0.2, 0.25) is 0 Å². The van der Waals surface area contributed by atoms with Crippen LogP contribution < -0.4 is 5.32 Å². The summed E-state index contributed by atoms with van der Waals surface area (Å²) >= 11 is 0. The van der Waals surface area contributed by atoms with Crippen molar-refractivity contribution in [1.82, 2.24) is 10.2 Å². The van der Waals surface area contributed by atoms with Crippen molar-refractivity contribution in [3.05, 3.63) is 35.4 Å². The number of ether oxygens (including phenoxy) is 1. The molecule has 0 aromatic heterocycles. The molecular weight excluding hydrogens is 260 g/mol. The average Bonchev–Trinajstić information content (AvgIpc) is 2.47. The minimum atomic E-state index is 0.341. The van der Waals surface area contributed by atoms with Crippen LogP contribution in [0, 0.1) is 0 Å². The van der Waals surface area contributed by atoms with Crippen molar-refractivity contribution in [2.75, 3.05) is 19.6 Å². The molecule has 1 aliphatic heterocycles. The minimum absolute atomic E-state index is 0.341. The van der Waals surface area contributed by atoms with E-state index < -0.39 is 0 Å². The number of morpholine rings is 1. The van der Waals surface area contributed by atoms with E-state index in [-0.39, 0.29) is 0 Å². The number of hydrogen-bond donors (Lipinski definition) is 1. The summed E-state index contributed by atoms with van der Waals surface area (Å²) in [6.45, 7) is 9.73. The first-order chi connectivity index (χ1) is 10.2. The summed E-state index contributed by atoms with van der Waals surface area (Å²) in [6.07, 6.45) is 3.12. The molecule has 4 atom stereocenters. The van der Waals surface area contributed by atoms with E-state index >= 15 is 0 Å². The van der Waals surface area contributed by atoms with Gasteiger partial charge in [0.25, 0.3) is 0 Å². The van der Waals surface area contributed by atoms with Crippen LogP contribution in [-0.4, -0.2) is 42.8 Å². The predicted octanol–water partition coefficient (Wildman–Crippen LogP) is 2.76. The number of nitrogens with zero attached hydrogens (tertiary/aromatic N) is 1. The summed E-state index contributed by atoms with van der Waals surface area (Å²) in [4.78, 5) is 2.65. The molecule has 1 fully saturated rings. The standard InChI is InChI=1S/C18H28N2O/c1-4-19-18-16-8-6-5-7-15(16)9-10-17(18)20-11-13(2)21-14(3)12-20/h5-8,13-14,17-19H,4,9-12H2,1-3H3/t13-,14+,17?,18?. The molecule has 1 saturated heterocycles. The van der Waals surface area contributed by atoms with Crippen LogP contribution in [0.15, 0.2) is 24.3 Å². The first-order valence-corrected chi connectivity index (χ1v) is 8.39. The van der Waals surface area contributed by atoms with Crippen molar-refractivity contribution < 1.29 is 4.74 Å². The quantitative estimate of drug-likeness (QED) is 0.925. The highest BCUT2D eigenvalue weighted by atomic mass is 16.5. The number of fused-ring (bicyclic) bond motifs is 1. The Hall–Kier alpha value is -0.900. The molecule has 0 radical (unpaired) electrons. The van der Waals surface area contributed by atoms with Crippen LogP contribution >= 0.6 is 0 Å². The Morgan fingerprint density at radius 1 is 1.19 bits per heavy atom. The topological polar surface area (TPSA) is 24.5 Å². The molecule has 21 heavy (non-hydrogen) atoms. The van der Waals surface area contributed by atoms with Gasteiger partial charge in [0, 0.05) is 25.2 Å². The van der Waals surface area contributed by atoms with E-state index in [0.717, 1.165) is 19.6 Å². The fourth-order valence-electron chi connectivity index (χ4n) is 4.09. The van der Waals surface area contributed by atoms with E-state index in [1.807, 2.05) is 0 Å². The van der Waals surface area contributed by atoms with Gasteiger partial charge in [-0.25, -0.2) is 0 Å². The molecule has 0 spiro atoms. The molecule has 1 aromatic carbocycles. The van der Waals surface area contributed by atoms with Crippen molar-refractivity contribution in [3.8, 4) is 0 Å². The molecule has 3 rings (SSSR count). The lowest BCUT2D eigenvalue weighted by atomic mass is 9.82. The minimum Gasteiger partial charge on any atom is -0.373 e. The van der Waals surface area contributed by atoms with Crippen LogP contribution in [0.3, 0.4) is 0 Å². The highest BCUT2D eigenvalue weighted by Crippen LogP contribution is 2.34. The van der Waals surface area contributed by atoms with Gasteiger partial charge in [0.15, 0.2) is 0 Å². The molecule has 1 aromatic rings. The summed E-state index contributed by atoms with van der Waals surface area (Å²) in [5.41, 5.74) is 3.02. The van der Waals surface area contributed by atoms with Crippen molar-refractivity contribution in [1.29, 1.82) is 0 Å². The largest absolute Gasteiger partial charge is 0.373 e. The summed E-state index contributed by atoms with van der Waals surface area (Å²) in [7, 11) is 0. The second kappa shape index (κ2) is 6.47. The Labute approximate surface area is 128 Å². The van der Waals surface area contributed by atoms with E-state index in [0.29, 0.717) is 24.3 Å². The molecule has 2 unspecified atom stereocenters. The van der Waals surface area contributed by atoms with Crippen molar-refractivity contribution in [2.24, 2.45) is 0 Å². The molecule has 1 aliphatic carbocycles. The summed E-state index contributed by atoms with van der Waals surface area (Å²) < 4.78 is 5.91. The molecule has 0 saturated carbocycles. The number of nitrogens with one attached hydrogen (secondary N) is 1. The lowest BCUT2D eigenvalue weighted by Gasteiger charge is -2.45. The normalized spacial score (nSPS) is 33.7. The lowest BCUT2D eigenvalue weighted by molar-refractivity contribution is -0.0862. The monoisotopic (exact) mass is 288 g/mol. The number of rotatable bonds is 3. The number of benzene rings is 1. The molecule has 116 valence electrons. The Balaban J connectivity index is 1.84. The van der Waals surface area contributed by atoms with Crippen molar-refractivity contribution in [2.45, 2.75) is 57.9 Å². The smallest absolute Gasteiger partial charge is 0.0678 e. The van der Waals surface area contributed by atoms with Crippen LogP contribution in [0.25, 0.3) is 0 Å². The summed E-state index contributed by atoms with van der Waals surface area (Å²) in [5.74, 6) is 0. The van der Waals surface area contributed by atoms with Gasteiger partial charge in [-0.1, -0.05) is 31.2 Å². The molecule has 3 nitrogen and oxygen atoms in total. The van der Waals surface area contributed by atoms with Crippen LogP contribution in [0.4, 0.5) is 0 Å². The molecule has 3 heteroatoms. The van der Waals surface area contributed by atoms with Gasteiger partial charge in [0.1, 0.15) is 0 Å². The van der Waals surface area contributed by atoms with E-state index in [9.17, 15) is 0 Å². The van der Waals surface area contributed by atoms with Crippen LogP contribution in [-0.2, 0) is 11.2 Å². The summed E-state index contributed by atoms with van der Waals surface area (Å²) in [5, 5.41) is 3.74. The summed E-state index contributed by atoms with van der Waals surface area (Å²) in [6, 6.07) is 9.99. The third-order valence-electron chi connectivity index (χ3n) is 4.83. The van der Waals surface area contributed by atoms with Gasteiger partial charge in [-0.05, 0) is 44.4 Å². The molecule has 1 heterocycles. The molecule has 2 aliphatic rings. The number of hydrogen-bond acceptors (Lipinski definition) is 3. The Morgan fingerprint density at radius 3 is 2.62 bits per heavy atom. The zero-order valence-corrected chi connectivity index (χ0v) is 13.5. The van der Waals surface area contributed by atoms with E-state index in [2.05, 4.69) is 55.3 Å². The highest BCUT2D eigenvalue weighted by Gasteiger charge is 2.36. The van der Waals surface area contributed by atoms with Gasteiger partial charge >= 0.3 is 0 Å². The van der Waals surface area contributed by atoms with Gasteiger partial charge in [-0.2, -0.15) is 0 Å². The maximum Gasteiger partial charge on any atom is 0.0678 e. The molecule has 1 N–H and O–H groups in total. The van der Waals surface area contributed by atoms with Crippen molar-refractivity contribution >= 4 is 0 Å².